The molecule has 1 aliphatic heterocycles. The fraction of sp³-hybridized carbons (Fsp3) is 0.133. The predicted molar refractivity (Wildman–Crippen MR) is 82.3 cm³/mol. The fourth-order valence-corrected chi connectivity index (χ4v) is 3.73. The summed E-state index contributed by atoms with van der Waals surface area (Å²) in [4.78, 5) is 2.19. The number of fused-ring (bicyclic) bond motifs is 1. The van der Waals surface area contributed by atoms with E-state index in [1.54, 1.807) is 0 Å². The van der Waals surface area contributed by atoms with Gasteiger partial charge in [-0.15, -0.1) is 11.8 Å². The minimum atomic E-state index is 0.398. The normalized spacial score (nSPS) is 18.7. The molecule has 1 nitrogen and oxygen atoms in total. The number of hydrogen-bond acceptors (Lipinski definition) is 2. The quantitative estimate of drug-likeness (QED) is 0.757. The van der Waals surface area contributed by atoms with Gasteiger partial charge < -0.3 is 5.32 Å². The topological polar surface area (TPSA) is 12.0 Å². The van der Waals surface area contributed by atoms with Crippen LogP contribution in [-0.2, 0) is 0 Å². The molecule has 0 saturated heterocycles. The molecule has 0 spiro atoms. The van der Waals surface area contributed by atoms with E-state index in [-0.39, 0.29) is 0 Å². The summed E-state index contributed by atoms with van der Waals surface area (Å²) in [6.45, 7) is 0. The Labute approximate surface area is 117 Å². The molecule has 90 valence electrons. The van der Waals surface area contributed by atoms with Gasteiger partial charge in [-0.05, 0) is 17.7 Å². The molecular formula is C15H13NS2. The maximum absolute atomic E-state index is 5.42. The first kappa shape index (κ1) is 11.8. The van der Waals surface area contributed by atoms with Crippen molar-refractivity contribution in [3.63, 3.8) is 0 Å². The van der Waals surface area contributed by atoms with E-state index < -0.39 is 0 Å². The van der Waals surface area contributed by atoms with Crippen LogP contribution in [-0.4, -0.2) is 4.99 Å². The highest BCUT2D eigenvalue weighted by Gasteiger charge is 2.20. The second-order valence-electron chi connectivity index (χ2n) is 4.27. The van der Waals surface area contributed by atoms with E-state index in [2.05, 4.69) is 53.8 Å². The summed E-state index contributed by atoms with van der Waals surface area (Å²) in [5, 5.41) is 3.73. The molecule has 0 radical (unpaired) electrons. The van der Waals surface area contributed by atoms with Crippen molar-refractivity contribution in [1.29, 1.82) is 0 Å². The maximum atomic E-state index is 5.42. The van der Waals surface area contributed by atoms with Crippen LogP contribution in [0.15, 0.2) is 59.5 Å². The van der Waals surface area contributed by atoms with E-state index in [0.29, 0.717) is 5.25 Å². The molecule has 18 heavy (non-hydrogen) atoms. The smallest absolute Gasteiger partial charge is 0.0812 e. The minimum absolute atomic E-state index is 0.398. The number of para-hydroxylation sites is 1. The molecule has 3 rings (SSSR count). The summed E-state index contributed by atoms with van der Waals surface area (Å²) in [5.74, 6) is 0. The highest BCUT2D eigenvalue weighted by molar-refractivity contribution is 7.99. The second-order valence-corrected chi connectivity index (χ2v) is 6.00. The molecule has 0 aromatic heterocycles. The molecule has 2 aromatic rings. The molecular weight excluding hydrogens is 258 g/mol. The lowest BCUT2D eigenvalue weighted by atomic mass is 10.1. The van der Waals surface area contributed by atoms with Crippen LogP contribution >= 0.6 is 24.0 Å². The number of rotatable bonds is 1. The van der Waals surface area contributed by atoms with Crippen molar-refractivity contribution in [2.45, 2.75) is 16.6 Å². The SMILES string of the molecule is S=C1C[C@@H](c2ccccc2)Sc2ccccc2N1. The van der Waals surface area contributed by atoms with Crippen molar-refractivity contribution < 1.29 is 0 Å². The van der Waals surface area contributed by atoms with Crippen molar-refractivity contribution in [3.8, 4) is 0 Å². The lowest BCUT2D eigenvalue weighted by Gasteiger charge is -2.13. The van der Waals surface area contributed by atoms with Crippen LogP contribution in [0.5, 0.6) is 0 Å². The standard InChI is InChI=1S/C15H13NS2/c17-15-10-14(11-6-2-1-3-7-11)18-13-9-5-4-8-12(13)16-15/h1-9,14H,10H2,(H,16,17)/t14-/m0/s1. The van der Waals surface area contributed by atoms with Gasteiger partial charge in [-0.2, -0.15) is 0 Å². The average Bonchev–Trinajstić information content (AvgIpc) is 2.57. The number of thioether (sulfide) groups is 1. The van der Waals surface area contributed by atoms with Gasteiger partial charge >= 0.3 is 0 Å². The number of benzene rings is 2. The summed E-state index contributed by atoms with van der Waals surface area (Å²) in [6, 6.07) is 18.9. The van der Waals surface area contributed by atoms with Crippen LogP contribution in [0.25, 0.3) is 0 Å². The van der Waals surface area contributed by atoms with Crippen molar-refractivity contribution in [3.05, 3.63) is 60.2 Å². The van der Waals surface area contributed by atoms with Gasteiger partial charge in [0.15, 0.2) is 0 Å². The van der Waals surface area contributed by atoms with Crippen molar-refractivity contribution >= 4 is 34.7 Å². The molecule has 3 heteroatoms. The lowest BCUT2D eigenvalue weighted by molar-refractivity contribution is 1.02. The summed E-state index contributed by atoms with van der Waals surface area (Å²) < 4.78 is 0. The molecule has 0 fully saturated rings. The minimum Gasteiger partial charge on any atom is -0.349 e. The van der Waals surface area contributed by atoms with Gasteiger partial charge in [-0.25, -0.2) is 0 Å². The van der Waals surface area contributed by atoms with Gasteiger partial charge in [-0.3, -0.25) is 0 Å². The van der Waals surface area contributed by atoms with Gasteiger partial charge in [0.25, 0.3) is 0 Å². The van der Waals surface area contributed by atoms with Gasteiger partial charge in [0, 0.05) is 16.6 Å². The van der Waals surface area contributed by atoms with Crippen LogP contribution < -0.4 is 5.32 Å². The predicted octanol–water partition coefficient (Wildman–Crippen LogP) is 4.66. The number of hydrogen-bond donors (Lipinski definition) is 1. The van der Waals surface area contributed by atoms with Gasteiger partial charge in [0.2, 0.25) is 0 Å². The Kier molecular flexibility index (Phi) is 3.35. The Morgan fingerprint density at radius 1 is 1.00 bits per heavy atom. The Bertz CT molecular complexity index is 566. The third-order valence-electron chi connectivity index (χ3n) is 2.97. The summed E-state index contributed by atoms with van der Waals surface area (Å²) in [5.41, 5.74) is 2.47. The van der Waals surface area contributed by atoms with Crippen molar-refractivity contribution in [2.75, 3.05) is 5.32 Å². The van der Waals surface area contributed by atoms with Crippen molar-refractivity contribution in [2.24, 2.45) is 0 Å². The van der Waals surface area contributed by atoms with Crippen molar-refractivity contribution in [1.82, 2.24) is 0 Å². The fourth-order valence-electron chi connectivity index (χ4n) is 2.09. The monoisotopic (exact) mass is 271 g/mol. The Hall–Kier alpha value is -1.32. The number of nitrogens with one attached hydrogen (secondary N) is 1. The Morgan fingerprint density at radius 2 is 1.72 bits per heavy atom. The van der Waals surface area contributed by atoms with Gasteiger partial charge in [0.1, 0.15) is 0 Å². The van der Waals surface area contributed by atoms with Crippen LogP contribution in [0.2, 0.25) is 0 Å². The zero-order chi connectivity index (χ0) is 12.4. The van der Waals surface area contributed by atoms with Crippen LogP contribution in [0.3, 0.4) is 0 Å². The first-order valence-electron chi connectivity index (χ1n) is 5.93. The summed E-state index contributed by atoms with van der Waals surface area (Å²) in [7, 11) is 0. The molecule has 1 N–H and O–H groups in total. The molecule has 0 saturated carbocycles. The number of anilines is 1. The Balaban J connectivity index is 1.97. The molecule has 2 aromatic carbocycles. The van der Waals surface area contributed by atoms with Crippen LogP contribution in [0, 0.1) is 0 Å². The Morgan fingerprint density at radius 3 is 2.56 bits per heavy atom. The summed E-state index contributed by atoms with van der Waals surface area (Å²) in [6.07, 6.45) is 0.888. The van der Waals surface area contributed by atoms with Crippen LogP contribution in [0.1, 0.15) is 17.2 Å². The highest BCUT2D eigenvalue weighted by Crippen LogP contribution is 2.43. The molecule has 0 unspecified atom stereocenters. The number of thiocarbonyl (C=S) groups is 1. The van der Waals surface area contributed by atoms with Gasteiger partial charge in [0.05, 0.1) is 10.7 Å². The maximum Gasteiger partial charge on any atom is 0.0812 e. The lowest BCUT2D eigenvalue weighted by Crippen LogP contribution is -2.09. The first-order chi connectivity index (χ1) is 8.83. The third kappa shape index (κ3) is 2.42. The van der Waals surface area contributed by atoms with Gasteiger partial charge in [-0.1, -0.05) is 54.7 Å². The first-order valence-corrected chi connectivity index (χ1v) is 7.22. The molecule has 0 amide bonds. The van der Waals surface area contributed by atoms with E-state index in [1.807, 2.05) is 17.8 Å². The van der Waals surface area contributed by atoms with E-state index in [9.17, 15) is 0 Å². The largest absolute Gasteiger partial charge is 0.349 e. The van der Waals surface area contributed by atoms with E-state index in [1.165, 1.54) is 10.5 Å². The molecule has 1 atom stereocenters. The molecule has 0 bridgehead atoms. The third-order valence-corrected chi connectivity index (χ3v) is 4.57. The van der Waals surface area contributed by atoms with E-state index >= 15 is 0 Å². The average molecular weight is 271 g/mol. The van der Waals surface area contributed by atoms with E-state index in [0.717, 1.165) is 17.1 Å². The molecule has 0 aliphatic carbocycles. The molecule has 1 heterocycles. The second kappa shape index (κ2) is 5.12. The zero-order valence-corrected chi connectivity index (χ0v) is 11.4. The summed E-state index contributed by atoms with van der Waals surface area (Å²) >= 11 is 7.31. The highest BCUT2D eigenvalue weighted by atomic mass is 32.2. The van der Waals surface area contributed by atoms with E-state index in [4.69, 9.17) is 12.2 Å². The molecule has 1 aliphatic rings. The van der Waals surface area contributed by atoms with Crippen LogP contribution in [0.4, 0.5) is 5.69 Å². The zero-order valence-electron chi connectivity index (χ0n) is 9.80.